The summed E-state index contributed by atoms with van der Waals surface area (Å²) in [6.45, 7) is 1.69. The Morgan fingerprint density at radius 1 is 1.33 bits per heavy atom. The van der Waals surface area contributed by atoms with Gasteiger partial charge in [0.1, 0.15) is 16.4 Å². The fourth-order valence-corrected chi connectivity index (χ4v) is 2.55. The summed E-state index contributed by atoms with van der Waals surface area (Å²) in [5.41, 5.74) is 0.501. The smallest absolute Gasteiger partial charge is 0.427 e. The van der Waals surface area contributed by atoms with Crippen LogP contribution in [-0.2, 0) is 6.18 Å². The topological polar surface area (TPSA) is 34.1 Å². The van der Waals surface area contributed by atoms with Gasteiger partial charge < -0.3 is 10.1 Å². The van der Waals surface area contributed by atoms with Crippen LogP contribution in [0.25, 0.3) is 0 Å². The lowest BCUT2D eigenvalue weighted by Crippen LogP contribution is -2.08. The minimum Gasteiger partial charge on any atom is -0.496 e. The molecule has 0 aliphatic rings. The van der Waals surface area contributed by atoms with Crippen LogP contribution in [0.15, 0.2) is 24.4 Å². The standard InChI is InChI=1S/C13H12F4N2OS/c1-7(9-5-8(14)3-4-10(9)20-2)19-12-18-6-11(21-12)13(15,16)17/h3-7H,1-2H3,(H,18,19). The van der Waals surface area contributed by atoms with Crippen LogP contribution in [-0.4, -0.2) is 12.1 Å². The first-order chi connectivity index (χ1) is 9.81. The van der Waals surface area contributed by atoms with Gasteiger partial charge in [0.15, 0.2) is 5.13 Å². The fraction of sp³-hybridized carbons (Fsp3) is 0.308. The highest BCUT2D eigenvalue weighted by Gasteiger charge is 2.33. The number of rotatable bonds is 4. The summed E-state index contributed by atoms with van der Waals surface area (Å²) in [6.07, 6.45) is -3.65. The molecule has 1 aromatic heterocycles. The van der Waals surface area contributed by atoms with Gasteiger partial charge in [-0.05, 0) is 25.1 Å². The van der Waals surface area contributed by atoms with Gasteiger partial charge in [-0.1, -0.05) is 11.3 Å². The number of aromatic nitrogens is 1. The highest BCUT2D eigenvalue weighted by molar-refractivity contribution is 7.15. The summed E-state index contributed by atoms with van der Waals surface area (Å²) >= 11 is 0.499. The van der Waals surface area contributed by atoms with Crippen molar-refractivity contribution >= 4 is 16.5 Å². The number of nitrogens with one attached hydrogen (secondary N) is 1. The Balaban J connectivity index is 2.20. The Morgan fingerprint density at radius 3 is 2.62 bits per heavy atom. The number of alkyl halides is 3. The second-order valence-electron chi connectivity index (χ2n) is 4.28. The molecule has 2 rings (SSSR count). The average Bonchev–Trinajstić information content (AvgIpc) is 2.87. The van der Waals surface area contributed by atoms with Crippen LogP contribution in [0.3, 0.4) is 0 Å². The van der Waals surface area contributed by atoms with Crippen molar-refractivity contribution in [1.82, 2.24) is 4.98 Å². The van der Waals surface area contributed by atoms with Gasteiger partial charge in [-0.25, -0.2) is 9.37 Å². The summed E-state index contributed by atoms with van der Waals surface area (Å²) < 4.78 is 55.9. The first kappa shape index (κ1) is 15.6. The average molecular weight is 320 g/mol. The lowest BCUT2D eigenvalue weighted by Gasteiger charge is -2.16. The lowest BCUT2D eigenvalue weighted by molar-refractivity contribution is -0.134. The second-order valence-corrected chi connectivity index (χ2v) is 5.31. The monoisotopic (exact) mass is 320 g/mol. The van der Waals surface area contributed by atoms with E-state index in [9.17, 15) is 17.6 Å². The quantitative estimate of drug-likeness (QED) is 0.843. The van der Waals surface area contributed by atoms with E-state index in [0.29, 0.717) is 22.6 Å². The Kier molecular flexibility index (Phi) is 4.36. The van der Waals surface area contributed by atoms with Crippen molar-refractivity contribution in [2.45, 2.75) is 19.1 Å². The molecule has 0 aliphatic carbocycles. The van der Waals surface area contributed by atoms with E-state index in [2.05, 4.69) is 10.3 Å². The molecule has 3 nitrogen and oxygen atoms in total. The number of methoxy groups -OCH3 is 1. The van der Waals surface area contributed by atoms with E-state index >= 15 is 0 Å². The van der Waals surface area contributed by atoms with E-state index in [1.807, 2.05) is 0 Å². The molecule has 0 spiro atoms. The Bertz CT molecular complexity index is 627. The van der Waals surface area contributed by atoms with Crippen molar-refractivity contribution < 1.29 is 22.3 Å². The summed E-state index contributed by atoms with van der Waals surface area (Å²) in [4.78, 5) is 2.89. The number of hydrogen-bond acceptors (Lipinski definition) is 4. The van der Waals surface area contributed by atoms with E-state index in [0.717, 1.165) is 6.20 Å². The van der Waals surface area contributed by atoms with E-state index in [4.69, 9.17) is 4.74 Å². The zero-order chi connectivity index (χ0) is 15.6. The number of nitrogens with zero attached hydrogens (tertiary/aromatic N) is 1. The number of ether oxygens (including phenoxy) is 1. The van der Waals surface area contributed by atoms with Crippen molar-refractivity contribution in [1.29, 1.82) is 0 Å². The SMILES string of the molecule is COc1ccc(F)cc1C(C)Nc1ncc(C(F)(F)F)s1. The first-order valence-corrected chi connectivity index (χ1v) is 6.76. The zero-order valence-electron chi connectivity index (χ0n) is 11.2. The van der Waals surface area contributed by atoms with Crippen molar-refractivity contribution in [3.63, 3.8) is 0 Å². The summed E-state index contributed by atoms with van der Waals surface area (Å²) in [7, 11) is 1.44. The molecule has 0 amide bonds. The lowest BCUT2D eigenvalue weighted by atomic mass is 10.1. The van der Waals surface area contributed by atoms with E-state index in [1.54, 1.807) is 6.92 Å². The number of benzene rings is 1. The Morgan fingerprint density at radius 2 is 2.05 bits per heavy atom. The minimum atomic E-state index is -4.42. The molecular formula is C13H12F4N2OS. The number of anilines is 1. The van der Waals surface area contributed by atoms with Crippen LogP contribution in [0.4, 0.5) is 22.7 Å². The molecule has 1 N–H and O–H groups in total. The Hall–Kier alpha value is -1.83. The maximum atomic E-state index is 13.3. The zero-order valence-corrected chi connectivity index (χ0v) is 12.0. The third kappa shape index (κ3) is 3.63. The van der Waals surface area contributed by atoms with Crippen LogP contribution in [0.2, 0.25) is 0 Å². The predicted molar refractivity (Wildman–Crippen MR) is 72.1 cm³/mol. The number of halogens is 4. The Labute approximate surface area is 122 Å². The fourth-order valence-electron chi connectivity index (χ4n) is 1.78. The molecule has 114 valence electrons. The van der Waals surface area contributed by atoms with Crippen LogP contribution < -0.4 is 10.1 Å². The molecule has 1 unspecified atom stereocenters. The maximum Gasteiger partial charge on any atom is 0.427 e. The summed E-state index contributed by atoms with van der Waals surface area (Å²) in [5.74, 6) is -0.00132. The van der Waals surface area contributed by atoms with Gasteiger partial charge in [0.05, 0.1) is 19.3 Å². The predicted octanol–water partition coefficient (Wildman–Crippen LogP) is 4.48. The van der Waals surface area contributed by atoms with Gasteiger partial charge in [-0.3, -0.25) is 0 Å². The molecule has 1 heterocycles. The third-order valence-electron chi connectivity index (χ3n) is 2.78. The minimum absolute atomic E-state index is 0.112. The molecule has 0 saturated heterocycles. The highest BCUT2D eigenvalue weighted by atomic mass is 32.1. The third-order valence-corrected chi connectivity index (χ3v) is 3.76. The van der Waals surface area contributed by atoms with Gasteiger partial charge in [0, 0.05) is 5.56 Å². The molecule has 1 aromatic carbocycles. The molecule has 0 bridgehead atoms. The van der Waals surface area contributed by atoms with Crippen LogP contribution >= 0.6 is 11.3 Å². The normalized spacial score (nSPS) is 13.0. The molecular weight excluding hydrogens is 308 g/mol. The molecule has 8 heteroatoms. The molecule has 21 heavy (non-hydrogen) atoms. The van der Waals surface area contributed by atoms with Gasteiger partial charge in [-0.2, -0.15) is 13.2 Å². The van der Waals surface area contributed by atoms with Crippen LogP contribution in [0, 0.1) is 5.82 Å². The van der Waals surface area contributed by atoms with Crippen molar-refractivity contribution in [2.24, 2.45) is 0 Å². The van der Waals surface area contributed by atoms with E-state index < -0.39 is 22.9 Å². The molecule has 2 aromatic rings. The number of hydrogen-bond donors (Lipinski definition) is 1. The van der Waals surface area contributed by atoms with Gasteiger partial charge in [0.25, 0.3) is 0 Å². The summed E-state index contributed by atoms with van der Waals surface area (Å²) in [5, 5.41) is 2.93. The van der Waals surface area contributed by atoms with Gasteiger partial charge in [0.2, 0.25) is 0 Å². The second kappa shape index (κ2) is 5.88. The molecule has 1 atom stereocenters. The molecule has 0 saturated carbocycles. The molecule has 0 radical (unpaired) electrons. The van der Waals surface area contributed by atoms with Gasteiger partial charge in [-0.15, -0.1) is 0 Å². The van der Waals surface area contributed by atoms with Crippen molar-refractivity contribution in [3.8, 4) is 5.75 Å². The largest absolute Gasteiger partial charge is 0.496 e. The highest BCUT2D eigenvalue weighted by Crippen LogP contribution is 2.36. The number of thiazole rings is 1. The molecule has 0 aliphatic heterocycles. The van der Waals surface area contributed by atoms with Crippen LogP contribution in [0.5, 0.6) is 5.75 Å². The van der Waals surface area contributed by atoms with E-state index in [-0.39, 0.29) is 5.13 Å². The maximum absolute atomic E-state index is 13.3. The van der Waals surface area contributed by atoms with Crippen molar-refractivity contribution in [3.05, 3.63) is 40.7 Å². The van der Waals surface area contributed by atoms with Crippen LogP contribution in [0.1, 0.15) is 23.4 Å². The van der Waals surface area contributed by atoms with E-state index in [1.165, 1.54) is 25.3 Å². The molecule has 0 fully saturated rings. The summed E-state index contributed by atoms with van der Waals surface area (Å²) in [6, 6.07) is 3.53. The van der Waals surface area contributed by atoms with Gasteiger partial charge >= 0.3 is 6.18 Å². The first-order valence-electron chi connectivity index (χ1n) is 5.94. The van der Waals surface area contributed by atoms with Crippen molar-refractivity contribution in [2.75, 3.05) is 12.4 Å².